The first-order valence-electron chi connectivity index (χ1n) is 7.60. The number of aryl methyl sites for hydroxylation is 1. The van der Waals surface area contributed by atoms with Gasteiger partial charge in [-0.25, -0.2) is 9.97 Å². The van der Waals surface area contributed by atoms with Gasteiger partial charge < -0.3 is 14.5 Å². The van der Waals surface area contributed by atoms with Crippen molar-refractivity contribution in [3.63, 3.8) is 0 Å². The molecule has 3 aromatic rings. The molecule has 0 unspecified atom stereocenters. The van der Waals surface area contributed by atoms with Gasteiger partial charge in [0, 0.05) is 50.0 Å². The van der Waals surface area contributed by atoms with Crippen molar-refractivity contribution in [2.45, 2.75) is 19.5 Å². The number of hydrogen-bond donors (Lipinski definition) is 1. The normalized spacial score (nSPS) is 10.6. The average molecular weight is 309 g/mol. The topological polar surface area (TPSA) is 64.7 Å². The molecule has 1 amide bonds. The first-order valence-corrected chi connectivity index (χ1v) is 7.60. The zero-order valence-corrected chi connectivity index (χ0v) is 12.8. The van der Waals surface area contributed by atoms with Crippen molar-refractivity contribution in [3.8, 4) is 0 Å². The largest absolute Gasteiger partial charge is 0.352 e. The molecule has 6 nitrogen and oxygen atoms in total. The van der Waals surface area contributed by atoms with Gasteiger partial charge in [0.2, 0.25) is 0 Å². The monoisotopic (exact) mass is 309 g/mol. The SMILES string of the molecule is O=C(NCCCn1ccnc1)c1ccc(Cn2ccnc2)cc1. The fourth-order valence-electron chi connectivity index (χ4n) is 2.34. The van der Waals surface area contributed by atoms with Crippen LogP contribution in [0, 0.1) is 0 Å². The van der Waals surface area contributed by atoms with E-state index < -0.39 is 0 Å². The number of amides is 1. The Hall–Kier alpha value is -2.89. The maximum atomic E-state index is 12.1. The second-order valence-electron chi connectivity index (χ2n) is 5.34. The van der Waals surface area contributed by atoms with Crippen LogP contribution >= 0.6 is 0 Å². The van der Waals surface area contributed by atoms with Crippen molar-refractivity contribution < 1.29 is 4.79 Å². The Morgan fingerprint density at radius 3 is 2.35 bits per heavy atom. The van der Waals surface area contributed by atoms with Crippen LogP contribution in [0.4, 0.5) is 0 Å². The number of benzene rings is 1. The van der Waals surface area contributed by atoms with Crippen molar-refractivity contribution in [2.24, 2.45) is 0 Å². The van der Waals surface area contributed by atoms with Crippen molar-refractivity contribution in [1.82, 2.24) is 24.4 Å². The van der Waals surface area contributed by atoms with Crippen LogP contribution in [-0.2, 0) is 13.1 Å². The zero-order chi connectivity index (χ0) is 15.9. The first kappa shape index (κ1) is 15.0. The molecule has 0 aliphatic carbocycles. The molecule has 0 aliphatic rings. The van der Waals surface area contributed by atoms with Crippen molar-refractivity contribution in [1.29, 1.82) is 0 Å². The van der Waals surface area contributed by atoms with Crippen LogP contribution in [0.1, 0.15) is 22.3 Å². The Bertz CT molecular complexity index is 717. The maximum Gasteiger partial charge on any atom is 0.251 e. The van der Waals surface area contributed by atoms with Gasteiger partial charge in [-0.1, -0.05) is 12.1 Å². The summed E-state index contributed by atoms with van der Waals surface area (Å²) in [6.07, 6.45) is 11.8. The fourth-order valence-corrected chi connectivity index (χ4v) is 2.34. The molecule has 2 aromatic heterocycles. The molecule has 6 heteroatoms. The van der Waals surface area contributed by atoms with E-state index in [4.69, 9.17) is 0 Å². The van der Waals surface area contributed by atoms with Crippen molar-refractivity contribution in [3.05, 3.63) is 72.8 Å². The molecule has 0 aliphatic heterocycles. The van der Waals surface area contributed by atoms with Crippen LogP contribution in [0.5, 0.6) is 0 Å². The van der Waals surface area contributed by atoms with Gasteiger partial charge in [-0.05, 0) is 24.1 Å². The third-order valence-corrected chi connectivity index (χ3v) is 3.58. The second kappa shape index (κ2) is 7.40. The Balaban J connectivity index is 1.45. The molecule has 0 saturated heterocycles. The van der Waals surface area contributed by atoms with E-state index in [9.17, 15) is 4.79 Å². The number of rotatable bonds is 7. The highest BCUT2D eigenvalue weighted by Crippen LogP contribution is 2.06. The minimum atomic E-state index is -0.0372. The quantitative estimate of drug-likeness (QED) is 0.678. The lowest BCUT2D eigenvalue weighted by Crippen LogP contribution is -2.25. The summed E-state index contributed by atoms with van der Waals surface area (Å²) in [7, 11) is 0. The summed E-state index contributed by atoms with van der Waals surface area (Å²) in [6.45, 7) is 2.25. The predicted octanol–water partition coefficient (Wildman–Crippen LogP) is 1.95. The smallest absolute Gasteiger partial charge is 0.251 e. The second-order valence-corrected chi connectivity index (χ2v) is 5.34. The van der Waals surface area contributed by atoms with E-state index in [2.05, 4.69) is 15.3 Å². The molecule has 0 fully saturated rings. The minimum Gasteiger partial charge on any atom is -0.352 e. The van der Waals surface area contributed by atoms with E-state index in [0.717, 1.165) is 25.1 Å². The van der Waals surface area contributed by atoms with Crippen LogP contribution in [-0.4, -0.2) is 31.6 Å². The van der Waals surface area contributed by atoms with Gasteiger partial charge in [-0.15, -0.1) is 0 Å². The molecule has 23 heavy (non-hydrogen) atoms. The van der Waals surface area contributed by atoms with E-state index in [1.807, 2.05) is 45.8 Å². The molecular formula is C17H19N5O. The summed E-state index contributed by atoms with van der Waals surface area (Å²) < 4.78 is 3.99. The van der Waals surface area contributed by atoms with E-state index in [-0.39, 0.29) is 5.91 Å². The number of aromatic nitrogens is 4. The van der Waals surface area contributed by atoms with Gasteiger partial charge in [0.05, 0.1) is 12.7 Å². The van der Waals surface area contributed by atoms with E-state index in [1.54, 1.807) is 25.0 Å². The molecule has 0 bridgehead atoms. The van der Waals surface area contributed by atoms with E-state index >= 15 is 0 Å². The third kappa shape index (κ3) is 4.29. The van der Waals surface area contributed by atoms with E-state index in [1.165, 1.54) is 0 Å². The first-order chi connectivity index (χ1) is 11.3. The molecule has 3 rings (SSSR count). The van der Waals surface area contributed by atoms with Gasteiger partial charge in [0.25, 0.3) is 5.91 Å². The minimum absolute atomic E-state index is 0.0372. The van der Waals surface area contributed by atoms with Gasteiger partial charge >= 0.3 is 0 Å². The van der Waals surface area contributed by atoms with Crippen LogP contribution in [0.3, 0.4) is 0 Å². The third-order valence-electron chi connectivity index (χ3n) is 3.58. The number of nitrogens with zero attached hydrogens (tertiary/aromatic N) is 4. The molecule has 1 aromatic carbocycles. The van der Waals surface area contributed by atoms with Crippen molar-refractivity contribution in [2.75, 3.05) is 6.54 Å². The van der Waals surface area contributed by atoms with Gasteiger partial charge in [0.15, 0.2) is 0 Å². The average Bonchev–Trinajstić information content (AvgIpc) is 3.26. The lowest BCUT2D eigenvalue weighted by atomic mass is 10.1. The van der Waals surface area contributed by atoms with E-state index in [0.29, 0.717) is 12.1 Å². The van der Waals surface area contributed by atoms with Gasteiger partial charge in [-0.3, -0.25) is 4.79 Å². The fraction of sp³-hybridized carbons (Fsp3) is 0.235. The Kier molecular flexibility index (Phi) is 4.83. The summed E-state index contributed by atoms with van der Waals surface area (Å²) in [5.41, 5.74) is 1.82. The van der Waals surface area contributed by atoms with Gasteiger partial charge in [-0.2, -0.15) is 0 Å². The Morgan fingerprint density at radius 1 is 1.00 bits per heavy atom. The lowest BCUT2D eigenvalue weighted by molar-refractivity contribution is 0.0952. The Morgan fingerprint density at radius 2 is 1.70 bits per heavy atom. The standard InChI is InChI=1S/C17H19N5O/c23-17(20-6-1-9-21-10-7-18-13-21)16-4-2-15(3-5-16)12-22-11-8-19-14-22/h2-5,7-8,10-11,13-14H,1,6,9,12H2,(H,20,23). The summed E-state index contributed by atoms with van der Waals surface area (Å²) in [5.74, 6) is -0.0372. The number of nitrogens with one attached hydrogen (secondary N) is 1. The lowest BCUT2D eigenvalue weighted by Gasteiger charge is -2.07. The number of imidazole rings is 2. The molecule has 0 atom stereocenters. The predicted molar refractivity (Wildman–Crippen MR) is 86.9 cm³/mol. The number of carbonyl (C=O) groups is 1. The molecule has 0 spiro atoms. The molecule has 118 valence electrons. The zero-order valence-electron chi connectivity index (χ0n) is 12.8. The highest BCUT2D eigenvalue weighted by Gasteiger charge is 2.05. The summed E-state index contributed by atoms with van der Waals surface area (Å²) in [5, 5.41) is 2.94. The molecular weight excluding hydrogens is 290 g/mol. The molecule has 0 saturated carbocycles. The highest BCUT2D eigenvalue weighted by molar-refractivity contribution is 5.94. The Labute approximate surface area is 134 Å². The van der Waals surface area contributed by atoms with Crippen molar-refractivity contribution >= 4 is 5.91 Å². The van der Waals surface area contributed by atoms with Crippen LogP contribution in [0.25, 0.3) is 0 Å². The molecule has 2 heterocycles. The van der Waals surface area contributed by atoms with Crippen LogP contribution in [0.15, 0.2) is 61.7 Å². The number of carbonyl (C=O) groups excluding carboxylic acids is 1. The summed E-state index contributed by atoms with van der Waals surface area (Å²) in [6, 6.07) is 7.66. The number of hydrogen-bond acceptors (Lipinski definition) is 3. The summed E-state index contributed by atoms with van der Waals surface area (Å²) in [4.78, 5) is 20.1. The maximum absolute atomic E-state index is 12.1. The van der Waals surface area contributed by atoms with Gasteiger partial charge in [0.1, 0.15) is 0 Å². The van der Waals surface area contributed by atoms with Crippen LogP contribution in [0.2, 0.25) is 0 Å². The highest BCUT2D eigenvalue weighted by atomic mass is 16.1. The van der Waals surface area contributed by atoms with Crippen LogP contribution < -0.4 is 5.32 Å². The summed E-state index contributed by atoms with van der Waals surface area (Å²) >= 11 is 0. The molecule has 1 N–H and O–H groups in total. The molecule has 0 radical (unpaired) electrons.